The number of para-hydroxylation sites is 1. The van der Waals surface area contributed by atoms with Crippen LogP contribution < -0.4 is 9.47 Å². The number of rotatable bonds is 7. The summed E-state index contributed by atoms with van der Waals surface area (Å²) in [5.74, 6) is 0.535. The molecule has 1 fully saturated rings. The normalized spacial score (nSPS) is 14.6. The number of likely N-dealkylation sites (N-methyl/N-ethyl adjacent to an activating group) is 1. The number of carbonyl (C=O) groups is 2. The molecule has 0 bridgehead atoms. The number of benzene rings is 1. The summed E-state index contributed by atoms with van der Waals surface area (Å²) in [6.45, 7) is 2.57. The molecule has 0 unspecified atom stereocenters. The molecule has 26 heavy (non-hydrogen) atoms. The lowest BCUT2D eigenvalue weighted by Gasteiger charge is -2.33. The highest BCUT2D eigenvalue weighted by molar-refractivity contribution is 5.97. The Balaban J connectivity index is 2.14. The summed E-state index contributed by atoms with van der Waals surface area (Å²) in [5.41, 5.74) is 0.392. The summed E-state index contributed by atoms with van der Waals surface area (Å²) in [5, 5.41) is 0. The van der Waals surface area contributed by atoms with E-state index in [9.17, 15) is 9.59 Å². The van der Waals surface area contributed by atoms with E-state index in [1.54, 1.807) is 32.3 Å². The molecule has 0 atom stereocenters. The highest BCUT2D eigenvalue weighted by Gasteiger charge is 2.25. The van der Waals surface area contributed by atoms with Crippen molar-refractivity contribution in [2.24, 2.45) is 0 Å². The molecular formula is C20H30N2O4. The summed E-state index contributed by atoms with van der Waals surface area (Å²) >= 11 is 0. The SMILES string of the molecule is CCN(C(=O)COc1c(OC)cccc1C(=O)N(C)C)C1CCCCC1. The van der Waals surface area contributed by atoms with Crippen LogP contribution in [0.25, 0.3) is 0 Å². The molecule has 1 saturated carbocycles. The minimum Gasteiger partial charge on any atom is -0.493 e. The quantitative estimate of drug-likeness (QED) is 0.748. The van der Waals surface area contributed by atoms with E-state index in [0.29, 0.717) is 29.6 Å². The van der Waals surface area contributed by atoms with Crippen LogP contribution in [0.5, 0.6) is 11.5 Å². The first-order chi connectivity index (χ1) is 12.5. The van der Waals surface area contributed by atoms with Crippen molar-refractivity contribution in [3.8, 4) is 11.5 Å². The van der Waals surface area contributed by atoms with E-state index in [2.05, 4.69) is 0 Å². The van der Waals surface area contributed by atoms with Crippen molar-refractivity contribution in [2.75, 3.05) is 34.4 Å². The van der Waals surface area contributed by atoms with Gasteiger partial charge in [0.15, 0.2) is 18.1 Å². The van der Waals surface area contributed by atoms with Crippen LogP contribution in [-0.2, 0) is 4.79 Å². The first-order valence-electron chi connectivity index (χ1n) is 9.30. The van der Waals surface area contributed by atoms with E-state index >= 15 is 0 Å². The lowest BCUT2D eigenvalue weighted by atomic mass is 9.94. The number of carbonyl (C=O) groups excluding carboxylic acids is 2. The van der Waals surface area contributed by atoms with Crippen LogP contribution in [-0.4, -0.2) is 62.0 Å². The van der Waals surface area contributed by atoms with Gasteiger partial charge in [0.2, 0.25) is 0 Å². The third-order valence-corrected chi connectivity index (χ3v) is 4.85. The van der Waals surface area contributed by atoms with E-state index in [-0.39, 0.29) is 18.4 Å². The molecule has 6 nitrogen and oxygen atoms in total. The zero-order valence-corrected chi connectivity index (χ0v) is 16.3. The van der Waals surface area contributed by atoms with Gasteiger partial charge in [-0.05, 0) is 31.9 Å². The molecule has 1 aromatic rings. The van der Waals surface area contributed by atoms with Crippen LogP contribution in [0.3, 0.4) is 0 Å². The Kier molecular flexibility index (Phi) is 7.30. The standard InChI is InChI=1S/C20H30N2O4/c1-5-22(15-10-7-6-8-11-15)18(23)14-26-19-16(20(24)21(2)3)12-9-13-17(19)25-4/h9,12-13,15H,5-8,10-11,14H2,1-4H3. The lowest BCUT2D eigenvalue weighted by Crippen LogP contribution is -2.43. The topological polar surface area (TPSA) is 59.1 Å². The minimum absolute atomic E-state index is 0.0476. The summed E-state index contributed by atoms with van der Waals surface area (Å²) < 4.78 is 11.1. The fraction of sp³-hybridized carbons (Fsp3) is 0.600. The highest BCUT2D eigenvalue weighted by atomic mass is 16.5. The second-order valence-corrected chi connectivity index (χ2v) is 6.80. The van der Waals surface area contributed by atoms with Gasteiger partial charge < -0.3 is 19.3 Å². The molecule has 1 aromatic carbocycles. The molecule has 1 aliphatic carbocycles. The third-order valence-electron chi connectivity index (χ3n) is 4.85. The maximum Gasteiger partial charge on any atom is 0.260 e. The molecule has 1 aliphatic rings. The van der Waals surface area contributed by atoms with Crippen LogP contribution in [0.15, 0.2) is 18.2 Å². The van der Waals surface area contributed by atoms with Crippen LogP contribution in [0, 0.1) is 0 Å². The van der Waals surface area contributed by atoms with Crippen LogP contribution in [0.1, 0.15) is 49.4 Å². The van der Waals surface area contributed by atoms with Crippen LogP contribution in [0.4, 0.5) is 0 Å². The molecule has 6 heteroatoms. The zero-order valence-electron chi connectivity index (χ0n) is 16.3. The lowest BCUT2D eigenvalue weighted by molar-refractivity contribution is -0.136. The molecule has 2 rings (SSSR count). The van der Waals surface area contributed by atoms with Gasteiger partial charge >= 0.3 is 0 Å². The van der Waals surface area contributed by atoms with Gasteiger partial charge in [-0.1, -0.05) is 25.3 Å². The number of amides is 2. The molecule has 0 aliphatic heterocycles. The molecule has 0 heterocycles. The third kappa shape index (κ3) is 4.68. The summed E-state index contributed by atoms with van der Waals surface area (Å²) in [6, 6.07) is 5.45. The van der Waals surface area contributed by atoms with Crippen molar-refractivity contribution in [3.63, 3.8) is 0 Å². The van der Waals surface area contributed by atoms with Crippen molar-refractivity contribution in [3.05, 3.63) is 23.8 Å². The molecule has 2 amide bonds. The van der Waals surface area contributed by atoms with Crippen molar-refractivity contribution in [1.82, 2.24) is 9.80 Å². The summed E-state index contributed by atoms with van der Waals surface area (Å²) in [7, 11) is 4.88. The van der Waals surface area contributed by atoms with E-state index in [4.69, 9.17) is 9.47 Å². The smallest absolute Gasteiger partial charge is 0.260 e. The maximum atomic E-state index is 12.7. The van der Waals surface area contributed by atoms with Gasteiger partial charge in [-0.25, -0.2) is 0 Å². The monoisotopic (exact) mass is 362 g/mol. The van der Waals surface area contributed by atoms with Gasteiger partial charge in [-0.3, -0.25) is 9.59 Å². The Morgan fingerprint density at radius 1 is 1.15 bits per heavy atom. The van der Waals surface area contributed by atoms with Gasteiger partial charge in [-0.15, -0.1) is 0 Å². The average molecular weight is 362 g/mol. The van der Waals surface area contributed by atoms with Gasteiger partial charge in [0.05, 0.1) is 12.7 Å². The Hall–Kier alpha value is -2.24. The van der Waals surface area contributed by atoms with Crippen molar-refractivity contribution in [2.45, 2.75) is 45.1 Å². The Bertz CT molecular complexity index is 624. The summed E-state index contributed by atoms with van der Waals surface area (Å²) in [6.07, 6.45) is 5.69. The van der Waals surface area contributed by atoms with Gasteiger partial charge in [-0.2, -0.15) is 0 Å². The van der Waals surface area contributed by atoms with E-state index in [1.807, 2.05) is 11.8 Å². The van der Waals surface area contributed by atoms with Gasteiger partial charge in [0.25, 0.3) is 11.8 Å². The van der Waals surface area contributed by atoms with E-state index < -0.39 is 0 Å². The predicted octanol–water partition coefficient (Wildman–Crippen LogP) is 2.96. The van der Waals surface area contributed by atoms with E-state index in [0.717, 1.165) is 12.8 Å². The van der Waals surface area contributed by atoms with Crippen LogP contribution >= 0.6 is 0 Å². The molecule has 144 valence electrons. The number of methoxy groups -OCH3 is 1. The highest BCUT2D eigenvalue weighted by Crippen LogP contribution is 2.32. The van der Waals surface area contributed by atoms with Gasteiger partial charge in [0, 0.05) is 26.7 Å². The Labute approximate surface area is 156 Å². The largest absolute Gasteiger partial charge is 0.493 e. The van der Waals surface area contributed by atoms with Crippen molar-refractivity contribution >= 4 is 11.8 Å². The minimum atomic E-state index is -0.189. The number of nitrogens with zero attached hydrogens (tertiary/aromatic N) is 2. The fourth-order valence-electron chi connectivity index (χ4n) is 3.48. The second-order valence-electron chi connectivity index (χ2n) is 6.80. The molecule has 0 saturated heterocycles. The number of hydrogen-bond acceptors (Lipinski definition) is 4. The molecular weight excluding hydrogens is 332 g/mol. The van der Waals surface area contributed by atoms with Crippen LogP contribution in [0.2, 0.25) is 0 Å². The molecule has 0 N–H and O–H groups in total. The predicted molar refractivity (Wildman–Crippen MR) is 101 cm³/mol. The van der Waals surface area contributed by atoms with E-state index in [1.165, 1.54) is 31.3 Å². The number of ether oxygens (including phenoxy) is 2. The molecule has 0 aromatic heterocycles. The molecule has 0 spiro atoms. The summed E-state index contributed by atoms with van der Waals surface area (Å²) in [4.78, 5) is 28.5. The van der Waals surface area contributed by atoms with Crippen molar-refractivity contribution in [1.29, 1.82) is 0 Å². The zero-order chi connectivity index (χ0) is 19.1. The average Bonchev–Trinajstić information content (AvgIpc) is 2.66. The number of hydrogen-bond donors (Lipinski definition) is 0. The first-order valence-corrected chi connectivity index (χ1v) is 9.30. The molecule has 0 radical (unpaired) electrons. The van der Waals surface area contributed by atoms with Crippen molar-refractivity contribution < 1.29 is 19.1 Å². The second kappa shape index (κ2) is 9.46. The maximum absolute atomic E-state index is 12.7. The van der Waals surface area contributed by atoms with Gasteiger partial charge in [0.1, 0.15) is 0 Å². The Morgan fingerprint density at radius 3 is 2.42 bits per heavy atom. The fourth-order valence-corrected chi connectivity index (χ4v) is 3.48. The first kappa shape index (κ1) is 20.1. The Morgan fingerprint density at radius 2 is 1.85 bits per heavy atom.